The van der Waals surface area contributed by atoms with Crippen LogP contribution in [0, 0.1) is 0 Å². The standard InChI is InChI=1S/C66H129NO5/c1-3-5-7-9-11-13-15-17-19-21-22-24-27-30-34-38-42-46-50-54-58-64(69)63(62-68)67-65(70)59-55-51-47-43-39-35-31-28-25-23-26-29-33-37-41-45-49-53-57-61-72-66(71)60-56-52-48-44-40-36-32-20-18-16-14-12-10-8-6-4-2/h23,25,63-64,68-69H,3-22,24,26-62H2,1-2H3,(H,67,70)/b25-23-. The summed E-state index contributed by atoms with van der Waals surface area (Å²) in [6, 6.07) is -0.549. The fraction of sp³-hybridized carbons (Fsp3) is 0.939. The highest BCUT2D eigenvalue weighted by Crippen LogP contribution is 2.18. The second-order valence-corrected chi connectivity index (χ2v) is 22.8. The molecular weight excluding hydrogens is 887 g/mol. The highest BCUT2D eigenvalue weighted by Gasteiger charge is 2.20. The molecule has 0 aliphatic carbocycles. The van der Waals surface area contributed by atoms with Gasteiger partial charge in [0.15, 0.2) is 0 Å². The molecule has 0 aromatic carbocycles. The molecule has 0 saturated carbocycles. The Labute approximate surface area is 450 Å². The summed E-state index contributed by atoms with van der Waals surface area (Å²) in [5.41, 5.74) is 0. The third-order valence-corrected chi connectivity index (χ3v) is 15.6. The number of carbonyl (C=O) groups is 2. The van der Waals surface area contributed by atoms with Crippen molar-refractivity contribution in [3.8, 4) is 0 Å². The third kappa shape index (κ3) is 57.9. The van der Waals surface area contributed by atoms with E-state index in [-0.39, 0.29) is 18.5 Å². The van der Waals surface area contributed by atoms with E-state index >= 15 is 0 Å². The SMILES string of the molecule is CCCCCCCCCCCCCCCCCCCCCCC(O)C(CO)NC(=O)CCCCCCCCC/C=C\CCCCCCCCCCOC(=O)CCCCCCCCCCCCCCCCCC. The zero-order valence-corrected chi connectivity index (χ0v) is 48.9. The Morgan fingerprint density at radius 3 is 0.986 bits per heavy atom. The summed E-state index contributed by atoms with van der Waals surface area (Å²) in [5.74, 6) is -0.0319. The van der Waals surface area contributed by atoms with Crippen LogP contribution in [0.25, 0.3) is 0 Å². The van der Waals surface area contributed by atoms with Gasteiger partial charge >= 0.3 is 5.97 Å². The molecule has 0 rings (SSSR count). The maximum Gasteiger partial charge on any atom is 0.305 e. The molecule has 0 aromatic heterocycles. The number of unbranched alkanes of at least 4 members (excludes halogenated alkanes) is 49. The Kier molecular flexibility index (Phi) is 60.9. The van der Waals surface area contributed by atoms with Crippen molar-refractivity contribution in [2.24, 2.45) is 0 Å². The first-order chi connectivity index (χ1) is 35.5. The second kappa shape index (κ2) is 62.1. The highest BCUT2D eigenvalue weighted by atomic mass is 16.5. The lowest BCUT2D eigenvalue weighted by molar-refractivity contribution is -0.143. The van der Waals surface area contributed by atoms with Gasteiger partial charge in [0, 0.05) is 12.8 Å². The van der Waals surface area contributed by atoms with Crippen LogP contribution in [-0.4, -0.2) is 47.4 Å². The van der Waals surface area contributed by atoms with Gasteiger partial charge in [-0.1, -0.05) is 321 Å². The first-order valence-corrected chi connectivity index (χ1v) is 32.9. The number of rotatable bonds is 62. The van der Waals surface area contributed by atoms with Gasteiger partial charge in [-0.3, -0.25) is 9.59 Å². The van der Waals surface area contributed by atoms with Crippen molar-refractivity contribution in [3.63, 3.8) is 0 Å². The van der Waals surface area contributed by atoms with Crippen LogP contribution in [0.4, 0.5) is 0 Å². The number of allylic oxidation sites excluding steroid dienone is 2. The molecule has 0 fully saturated rings. The summed E-state index contributed by atoms with van der Waals surface area (Å²) in [5, 5.41) is 23.4. The molecule has 6 nitrogen and oxygen atoms in total. The summed E-state index contributed by atoms with van der Waals surface area (Å²) < 4.78 is 5.49. The van der Waals surface area contributed by atoms with E-state index in [0.717, 1.165) is 38.5 Å². The van der Waals surface area contributed by atoms with E-state index in [1.54, 1.807) is 0 Å². The molecule has 3 N–H and O–H groups in total. The first kappa shape index (κ1) is 70.6. The molecule has 0 bridgehead atoms. The van der Waals surface area contributed by atoms with Gasteiger partial charge in [-0.15, -0.1) is 0 Å². The Balaban J connectivity index is 3.42. The molecule has 0 heterocycles. The van der Waals surface area contributed by atoms with Crippen LogP contribution >= 0.6 is 0 Å². The number of carbonyl (C=O) groups excluding carboxylic acids is 2. The Morgan fingerprint density at radius 1 is 0.375 bits per heavy atom. The van der Waals surface area contributed by atoms with Crippen LogP contribution in [0.3, 0.4) is 0 Å². The number of aliphatic hydroxyl groups is 2. The number of aliphatic hydroxyl groups excluding tert-OH is 2. The van der Waals surface area contributed by atoms with E-state index in [2.05, 4.69) is 31.3 Å². The number of amides is 1. The molecule has 1 amide bonds. The molecule has 0 saturated heterocycles. The molecule has 0 spiro atoms. The van der Waals surface area contributed by atoms with E-state index in [0.29, 0.717) is 25.9 Å². The van der Waals surface area contributed by atoms with Crippen LogP contribution < -0.4 is 5.32 Å². The second-order valence-electron chi connectivity index (χ2n) is 22.8. The van der Waals surface area contributed by atoms with Crippen LogP contribution in [0.15, 0.2) is 12.2 Å². The van der Waals surface area contributed by atoms with E-state index in [4.69, 9.17) is 4.74 Å². The van der Waals surface area contributed by atoms with E-state index in [1.807, 2.05) is 0 Å². The minimum Gasteiger partial charge on any atom is -0.466 e. The molecule has 2 unspecified atom stereocenters. The third-order valence-electron chi connectivity index (χ3n) is 15.6. The van der Waals surface area contributed by atoms with Gasteiger partial charge < -0.3 is 20.3 Å². The average molecular weight is 1020 g/mol. The van der Waals surface area contributed by atoms with Gasteiger partial charge in [0.2, 0.25) is 5.91 Å². The number of ether oxygens (including phenoxy) is 1. The lowest BCUT2D eigenvalue weighted by Crippen LogP contribution is -2.45. The van der Waals surface area contributed by atoms with Crippen molar-refractivity contribution < 1.29 is 24.5 Å². The number of hydrogen-bond acceptors (Lipinski definition) is 5. The smallest absolute Gasteiger partial charge is 0.305 e. The van der Waals surface area contributed by atoms with Crippen LogP contribution in [0.2, 0.25) is 0 Å². The molecule has 428 valence electrons. The normalized spacial score (nSPS) is 12.6. The van der Waals surface area contributed by atoms with Crippen molar-refractivity contribution in [2.45, 2.75) is 386 Å². The van der Waals surface area contributed by atoms with Gasteiger partial charge in [0.25, 0.3) is 0 Å². The lowest BCUT2D eigenvalue weighted by atomic mass is 10.0. The fourth-order valence-electron chi connectivity index (χ4n) is 10.5. The highest BCUT2D eigenvalue weighted by molar-refractivity contribution is 5.76. The van der Waals surface area contributed by atoms with Crippen LogP contribution in [-0.2, 0) is 14.3 Å². The minimum absolute atomic E-state index is 0.00852. The molecule has 0 aliphatic rings. The number of nitrogens with one attached hydrogen (secondary N) is 1. The van der Waals surface area contributed by atoms with Crippen LogP contribution in [0.5, 0.6) is 0 Å². The predicted octanol–water partition coefficient (Wildman–Crippen LogP) is 20.8. The monoisotopic (exact) mass is 1020 g/mol. The van der Waals surface area contributed by atoms with Gasteiger partial charge in [-0.2, -0.15) is 0 Å². The Hall–Kier alpha value is -1.40. The average Bonchev–Trinajstić information content (AvgIpc) is 3.38. The van der Waals surface area contributed by atoms with E-state index < -0.39 is 12.1 Å². The van der Waals surface area contributed by atoms with Gasteiger partial charge in [-0.25, -0.2) is 0 Å². The molecule has 72 heavy (non-hydrogen) atoms. The van der Waals surface area contributed by atoms with Crippen molar-refractivity contribution in [1.29, 1.82) is 0 Å². The summed E-state index contributed by atoms with van der Waals surface area (Å²) in [4.78, 5) is 24.6. The van der Waals surface area contributed by atoms with Gasteiger partial charge in [0.05, 0.1) is 25.4 Å². The zero-order chi connectivity index (χ0) is 52.2. The van der Waals surface area contributed by atoms with E-state index in [9.17, 15) is 19.8 Å². The summed E-state index contributed by atoms with van der Waals surface area (Å²) in [6.45, 7) is 4.98. The van der Waals surface area contributed by atoms with Gasteiger partial charge in [-0.05, 0) is 51.4 Å². The minimum atomic E-state index is -0.671. The topological polar surface area (TPSA) is 95.9 Å². The molecule has 0 radical (unpaired) electrons. The quantitative estimate of drug-likeness (QED) is 0.0320. The maximum absolute atomic E-state index is 12.5. The molecule has 0 aromatic rings. The molecule has 6 heteroatoms. The summed E-state index contributed by atoms with van der Waals surface area (Å²) in [6.07, 6.45) is 75.1. The molecule has 0 aliphatic heterocycles. The molecular formula is C66H129NO5. The van der Waals surface area contributed by atoms with Crippen molar-refractivity contribution in [1.82, 2.24) is 5.32 Å². The first-order valence-electron chi connectivity index (χ1n) is 32.9. The Bertz CT molecular complexity index is 1080. The predicted molar refractivity (Wildman–Crippen MR) is 315 cm³/mol. The molecule has 2 atom stereocenters. The van der Waals surface area contributed by atoms with Crippen molar-refractivity contribution in [3.05, 3.63) is 12.2 Å². The van der Waals surface area contributed by atoms with E-state index in [1.165, 1.54) is 302 Å². The zero-order valence-electron chi connectivity index (χ0n) is 48.9. The van der Waals surface area contributed by atoms with Crippen molar-refractivity contribution >= 4 is 11.9 Å². The number of hydrogen-bond donors (Lipinski definition) is 3. The fourth-order valence-corrected chi connectivity index (χ4v) is 10.5. The number of esters is 1. The summed E-state index contributed by atoms with van der Waals surface area (Å²) >= 11 is 0. The largest absolute Gasteiger partial charge is 0.466 e. The summed E-state index contributed by atoms with van der Waals surface area (Å²) in [7, 11) is 0. The van der Waals surface area contributed by atoms with Crippen LogP contribution in [0.1, 0.15) is 373 Å². The Morgan fingerprint density at radius 2 is 0.653 bits per heavy atom. The maximum atomic E-state index is 12.5. The lowest BCUT2D eigenvalue weighted by Gasteiger charge is -2.22. The van der Waals surface area contributed by atoms with Gasteiger partial charge in [0.1, 0.15) is 0 Å². The van der Waals surface area contributed by atoms with Crippen molar-refractivity contribution in [2.75, 3.05) is 13.2 Å².